The Morgan fingerprint density at radius 1 is 1.17 bits per heavy atom. The maximum absolute atomic E-state index is 12.2. The number of carbonyl (C=O) groups is 1. The zero-order chi connectivity index (χ0) is 16.8. The molecule has 0 fully saturated rings. The number of hydrogen-bond acceptors (Lipinski definition) is 4. The summed E-state index contributed by atoms with van der Waals surface area (Å²) in [6.45, 7) is 2.02. The fourth-order valence-electron chi connectivity index (χ4n) is 2.06. The molecule has 0 aromatic heterocycles. The van der Waals surface area contributed by atoms with Crippen molar-refractivity contribution in [1.29, 1.82) is 0 Å². The monoisotopic (exact) mass is 329 g/mol. The van der Waals surface area contributed by atoms with E-state index in [2.05, 4.69) is 10.6 Å². The molecule has 0 aliphatic heterocycles. The summed E-state index contributed by atoms with van der Waals surface area (Å²) in [7, 11) is 0. The number of amides is 1. The molecule has 6 nitrogen and oxygen atoms in total. The summed E-state index contributed by atoms with van der Waals surface area (Å²) in [6.07, 6.45) is 0. The van der Waals surface area contributed by atoms with Crippen molar-refractivity contribution in [3.05, 3.63) is 75.3 Å². The van der Waals surface area contributed by atoms with E-state index in [0.29, 0.717) is 12.1 Å². The van der Waals surface area contributed by atoms with Crippen LogP contribution < -0.4 is 10.6 Å². The molecule has 118 valence electrons. The second-order valence-corrected chi connectivity index (χ2v) is 5.24. The summed E-state index contributed by atoms with van der Waals surface area (Å²) in [6, 6.07) is 13.9. The first-order chi connectivity index (χ1) is 11.0. The van der Waals surface area contributed by atoms with Gasteiger partial charge in [0.15, 0.2) is 5.11 Å². The molecule has 0 bridgehead atoms. The van der Waals surface area contributed by atoms with Crippen molar-refractivity contribution >= 4 is 28.9 Å². The predicted molar refractivity (Wildman–Crippen MR) is 91.2 cm³/mol. The van der Waals surface area contributed by atoms with Gasteiger partial charge in [-0.15, -0.1) is 0 Å². The van der Waals surface area contributed by atoms with Gasteiger partial charge in [0, 0.05) is 23.7 Å². The number of rotatable bonds is 4. The van der Waals surface area contributed by atoms with Gasteiger partial charge in [0.05, 0.1) is 4.92 Å². The predicted octanol–water partition coefficient (Wildman–Crippen LogP) is 2.71. The minimum absolute atomic E-state index is 0.0965. The lowest BCUT2D eigenvalue weighted by molar-refractivity contribution is -0.385. The molecule has 0 spiro atoms. The third-order valence-electron chi connectivity index (χ3n) is 3.27. The lowest BCUT2D eigenvalue weighted by Gasteiger charge is -2.11. The van der Waals surface area contributed by atoms with Gasteiger partial charge in [-0.1, -0.05) is 36.4 Å². The Bertz CT molecular complexity index is 747. The molecular formula is C16H15N3O3S. The highest BCUT2D eigenvalue weighted by atomic mass is 32.1. The summed E-state index contributed by atoms with van der Waals surface area (Å²) >= 11 is 5.08. The van der Waals surface area contributed by atoms with Crippen LogP contribution in [0.15, 0.2) is 48.5 Å². The largest absolute Gasteiger partial charge is 0.358 e. The molecular weight excluding hydrogens is 314 g/mol. The van der Waals surface area contributed by atoms with Crippen molar-refractivity contribution in [2.45, 2.75) is 13.5 Å². The van der Waals surface area contributed by atoms with E-state index in [0.717, 1.165) is 5.56 Å². The van der Waals surface area contributed by atoms with E-state index in [-0.39, 0.29) is 16.4 Å². The fourth-order valence-corrected chi connectivity index (χ4v) is 2.22. The maximum Gasteiger partial charge on any atom is 0.273 e. The maximum atomic E-state index is 12.2. The number of nitrogens with one attached hydrogen (secondary N) is 2. The van der Waals surface area contributed by atoms with Crippen molar-refractivity contribution in [1.82, 2.24) is 10.6 Å². The van der Waals surface area contributed by atoms with Crippen LogP contribution in [0, 0.1) is 17.0 Å². The van der Waals surface area contributed by atoms with E-state index in [1.165, 1.54) is 25.1 Å². The van der Waals surface area contributed by atoms with Gasteiger partial charge in [-0.05, 0) is 30.8 Å². The van der Waals surface area contributed by atoms with Crippen LogP contribution >= 0.6 is 12.2 Å². The molecule has 2 N–H and O–H groups in total. The summed E-state index contributed by atoms with van der Waals surface area (Å²) in [4.78, 5) is 22.6. The molecule has 2 aromatic carbocycles. The van der Waals surface area contributed by atoms with Crippen molar-refractivity contribution in [3.8, 4) is 0 Å². The summed E-state index contributed by atoms with van der Waals surface area (Å²) in [5.41, 5.74) is 1.46. The number of nitrogens with zero attached hydrogens (tertiary/aromatic N) is 1. The van der Waals surface area contributed by atoms with Gasteiger partial charge in [-0.3, -0.25) is 20.2 Å². The first-order valence-electron chi connectivity index (χ1n) is 6.86. The molecule has 2 aromatic rings. The van der Waals surface area contributed by atoms with Crippen molar-refractivity contribution < 1.29 is 9.72 Å². The Morgan fingerprint density at radius 3 is 2.52 bits per heavy atom. The average Bonchev–Trinajstić information content (AvgIpc) is 2.53. The smallest absolute Gasteiger partial charge is 0.273 e. The number of carbonyl (C=O) groups excluding carboxylic acids is 1. The standard InChI is InChI=1S/C16H15N3O3S/c1-11-13(8-5-9-14(11)19(21)22)15(20)18-16(23)17-10-12-6-3-2-4-7-12/h2-9H,10H2,1H3,(H2,17,18,20,23). The van der Waals surface area contributed by atoms with E-state index < -0.39 is 10.8 Å². The van der Waals surface area contributed by atoms with E-state index in [1.807, 2.05) is 30.3 Å². The second-order valence-electron chi connectivity index (χ2n) is 4.83. The normalized spacial score (nSPS) is 9.96. The summed E-state index contributed by atoms with van der Waals surface area (Å²) in [5, 5.41) is 16.5. The van der Waals surface area contributed by atoms with Crippen LogP contribution in [-0.2, 0) is 6.54 Å². The van der Waals surface area contributed by atoms with Crippen molar-refractivity contribution in [2.75, 3.05) is 0 Å². The number of hydrogen-bond donors (Lipinski definition) is 2. The molecule has 0 aliphatic rings. The molecule has 23 heavy (non-hydrogen) atoms. The third-order valence-corrected chi connectivity index (χ3v) is 3.52. The van der Waals surface area contributed by atoms with Crippen molar-refractivity contribution in [3.63, 3.8) is 0 Å². The summed E-state index contributed by atoms with van der Waals surface area (Å²) in [5.74, 6) is -0.475. The zero-order valence-electron chi connectivity index (χ0n) is 12.4. The molecule has 0 radical (unpaired) electrons. The Kier molecular flexibility index (Phi) is 5.37. The number of benzene rings is 2. The second kappa shape index (κ2) is 7.46. The van der Waals surface area contributed by atoms with Gasteiger partial charge in [0.1, 0.15) is 0 Å². The van der Waals surface area contributed by atoms with Crippen LogP contribution in [0.25, 0.3) is 0 Å². The van der Waals surface area contributed by atoms with E-state index in [1.54, 1.807) is 0 Å². The Morgan fingerprint density at radius 2 is 1.87 bits per heavy atom. The molecule has 0 saturated heterocycles. The van der Waals surface area contributed by atoms with Gasteiger partial charge >= 0.3 is 0 Å². The molecule has 0 atom stereocenters. The first-order valence-corrected chi connectivity index (χ1v) is 7.27. The fraction of sp³-hybridized carbons (Fsp3) is 0.125. The van der Waals surface area contributed by atoms with Crippen LogP contribution in [0.3, 0.4) is 0 Å². The SMILES string of the molecule is Cc1c(C(=O)NC(=S)NCc2ccccc2)cccc1[N+](=O)[O-]. The average molecular weight is 329 g/mol. The van der Waals surface area contributed by atoms with Gasteiger partial charge < -0.3 is 5.32 Å². The highest BCUT2D eigenvalue weighted by Crippen LogP contribution is 2.20. The molecule has 0 unspecified atom stereocenters. The van der Waals surface area contributed by atoms with Crippen molar-refractivity contribution in [2.24, 2.45) is 0 Å². The van der Waals surface area contributed by atoms with Crippen LogP contribution in [0.4, 0.5) is 5.69 Å². The van der Waals surface area contributed by atoms with Crippen LogP contribution in [0.1, 0.15) is 21.5 Å². The van der Waals surface area contributed by atoms with E-state index >= 15 is 0 Å². The number of nitro benzene ring substituents is 1. The Balaban J connectivity index is 2.00. The minimum atomic E-state index is -0.516. The number of thiocarbonyl (C=S) groups is 1. The lowest BCUT2D eigenvalue weighted by Crippen LogP contribution is -2.39. The molecule has 7 heteroatoms. The summed E-state index contributed by atoms with van der Waals surface area (Å²) < 4.78 is 0. The van der Waals surface area contributed by atoms with Gasteiger partial charge in [0.2, 0.25) is 0 Å². The third kappa shape index (κ3) is 4.33. The molecule has 2 rings (SSSR count). The Hall–Kier alpha value is -2.80. The molecule has 0 saturated carbocycles. The molecule has 0 heterocycles. The van der Waals surface area contributed by atoms with Gasteiger partial charge in [0.25, 0.3) is 11.6 Å². The van der Waals surface area contributed by atoms with Crippen LogP contribution in [0.5, 0.6) is 0 Å². The van der Waals surface area contributed by atoms with Crippen LogP contribution in [0.2, 0.25) is 0 Å². The highest BCUT2D eigenvalue weighted by Gasteiger charge is 2.18. The topological polar surface area (TPSA) is 84.3 Å². The van der Waals surface area contributed by atoms with E-state index in [4.69, 9.17) is 12.2 Å². The van der Waals surface area contributed by atoms with Crippen LogP contribution in [-0.4, -0.2) is 15.9 Å². The highest BCUT2D eigenvalue weighted by molar-refractivity contribution is 7.80. The molecule has 0 aliphatic carbocycles. The molecule has 1 amide bonds. The lowest BCUT2D eigenvalue weighted by atomic mass is 10.1. The minimum Gasteiger partial charge on any atom is -0.358 e. The quantitative estimate of drug-likeness (QED) is 0.512. The Labute approximate surface area is 138 Å². The van der Waals surface area contributed by atoms with Gasteiger partial charge in [-0.25, -0.2) is 0 Å². The number of nitro groups is 1. The van der Waals surface area contributed by atoms with Gasteiger partial charge in [-0.2, -0.15) is 0 Å². The van der Waals surface area contributed by atoms with E-state index in [9.17, 15) is 14.9 Å². The zero-order valence-corrected chi connectivity index (χ0v) is 13.2. The first kappa shape index (κ1) is 16.6.